The average molecular weight is 428 g/mol. The van der Waals surface area contributed by atoms with E-state index in [2.05, 4.69) is 5.32 Å². The van der Waals surface area contributed by atoms with Gasteiger partial charge in [0.15, 0.2) is 0 Å². The lowest BCUT2D eigenvalue weighted by atomic mass is 10.0. The average Bonchev–Trinajstić information content (AvgIpc) is 2.70. The van der Waals surface area contributed by atoms with Gasteiger partial charge in [0, 0.05) is 6.42 Å². The molecular formula is C25H49NO4. The number of carbonyl (C=O) groups is 2. The van der Waals surface area contributed by atoms with Gasteiger partial charge in [0.1, 0.15) is 0 Å². The van der Waals surface area contributed by atoms with Crippen LogP contribution >= 0.6 is 0 Å². The number of carboxylic acids is 2. The molecule has 0 aromatic heterocycles. The molecule has 0 saturated heterocycles. The number of unbranched alkanes of at least 4 members (excludes halogenated alkanes) is 19. The van der Waals surface area contributed by atoms with Crippen LogP contribution in [-0.2, 0) is 9.59 Å². The van der Waals surface area contributed by atoms with E-state index in [9.17, 15) is 9.59 Å². The molecular weight excluding hydrogens is 378 g/mol. The minimum absolute atomic E-state index is 0.0822. The third-order valence-corrected chi connectivity index (χ3v) is 5.77. The second-order valence-electron chi connectivity index (χ2n) is 8.79. The minimum Gasteiger partial charge on any atom is -0.481 e. The lowest BCUT2D eigenvalue weighted by Gasteiger charge is -2.04. The van der Waals surface area contributed by atoms with Gasteiger partial charge in [0.2, 0.25) is 0 Å². The molecule has 0 aliphatic carbocycles. The maximum absolute atomic E-state index is 10.4. The maximum Gasteiger partial charge on any atom is 0.317 e. The van der Waals surface area contributed by atoms with Gasteiger partial charge in [-0.2, -0.15) is 0 Å². The van der Waals surface area contributed by atoms with Crippen molar-refractivity contribution in [1.29, 1.82) is 0 Å². The van der Waals surface area contributed by atoms with Crippen LogP contribution in [0.3, 0.4) is 0 Å². The Hall–Kier alpha value is -1.10. The third kappa shape index (κ3) is 26.9. The number of hydrogen-bond donors (Lipinski definition) is 3. The van der Waals surface area contributed by atoms with E-state index in [4.69, 9.17) is 10.2 Å². The highest BCUT2D eigenvalue weighted by molar-refractivity contribution is 5.68. The zero-order valence-electron chi connectivity index (χ0n) is 19.5. The fourth-order valence-corrected chi connectivity index (χ4v) is 3.90. The Morgan fingerprint density at radius 2 is 0.733 bits per heavy atom. The molecule has 0 radical (unpaired) electrons. The summed E-state index contributed by atoms with van der Waals surface area (Å²) >= 11 is 0. The van der Waals surface area contributed by atoms with E-state index < -0.39 is 11.9 Å². The summed E-state index contributed by atoms with van der Waals surface area (Å²) in [5.74, 6) is -1.44. The van der Waals surface area contributed by atoms with Crippen LogP contribution in [0.1, 0.15) is 135 Å². The summed E-state index contributed by atoms with van der Waals surface area (Å²) in [6.07, 6.45) is 26.1. The Labute approximate surface area is 185 Å². The van der Waals surface area contributed by atoms with Gasteiger partial charge in [0.05, 0.1) is 6.54 Å². The van der Waals surface area contributed by atoms with E-state index in [0.717, 1.165) is 25.8 Å². The van der Waals surface area contributed by atoms with Crippen LogP contribution in [0.25, 0.3) is 0 Å². The Kier molecular flexibility index (Phi) is 23.3. The number of nitrogens with one attached hydrogen (secondary N) is 1. The smallest absolute Gasteiger partial charge is 0.317 e. The fourth-order valence-electron chi connectivity index (χ4n) is 3.90. The van der Waals surface area contributed by atoms with E-state index in [-0.39, 0.29) is 6.54 Å². The molecule has 0 aromatic rings. The molecule has 5 heteroatoms. The van der Waals surface area contributed by atoms with Crippen molar-refractivity contribution in [3.8, 4) is 0 Å². The highest BCUT2D eigenvalue weighted by atomic mass is 16.4. The molecule has 5 nitrogen and oxygen atoms in total. The van der Waals surface area contributed by atoms with Crippen LogP contribution in [0, 0.1) is 0 Å². The van der Waals surface area contributed by atoms with Gasteiger partial charge in [-0.15, -0.1) is 0 Å². The molecule has 30 heavy (non-hydrogen) atoms. The molecule has 0 heterocycles. The van der Waals surface area contributed by atoms with Gasteiger partial charge in [0.25, 0.3) is 0 Å². The number of carboxylic acid groups (broad SMARTS) is 2. The molecule has 178 valence electrons. The van der Waals surface area contributed by atoms with Gasteiger partial charge < -0.3 is 15.5 Å². The number of rotatable bonds is 25. The maximum atomic E-state index is 10.4. The largest absolute Gasteiger partial charge is 0.481 e. The fraction of sp³-hybridized carbons (Fsp3) is 0.920. The molecule has 0 atom stereocenters. The van der Waals surface area contributed by atoms with Crippen molar-refractivity contribution >= 4 is 11.9 Å². The molecule has 0 spiro atoms. The normalized spacial score (nSPS) is 11.1. The van der Waals surface area contributed by atoms with Crippen molar-refractivity contribution in [3.63, 3.8) is 0 Å². The van der Waals surface area contributed by atoms with Crippen LogP contribution < -0.4 is 5.32 Å². The van der Waals surface area contributed by atoms with E-state index in [1.807, 2.05) is 0 Å². The second kappa shape index (κ2) is 24.2. The van der Waals surface area contributed by atoms with E-state index >= 15 is 0 Å². The van der Waals surface area contributed by atoms with Crippen molar-refractivity contribution < 1.29 is 19.8 Å². The number of aliphatic carboxylic acids is 2. The standard InChI is InChI=1S/C25H49NO4/c27-24(28)21-19-17-15-13-11-9-7-5-3-1-2-4-6-8-10-12-14-16-18-20-22-26-23-25(29)30/h26H,1-23H2,(H,27,28)(H,29,30). The summed E-state index contributed by atoms with van der Waals surface area (Å²) in [7, 11) is 0. The molecule has 0 aliphatic rings. The Morgan fingerprint density at radius 1 is 0.433 bits per heavy atom. The van der Waals surface area contributed by atoms with Gasteiger partial charge in [-0.3, -0.25) is 9.59 Å². The molecule has 0 saturated carbocycles. The summed E-state index contributed by atoms with van der Waals surface area (Å²) in [5, 5.41) is 20.0. The first-order valence-corrected chi connectivity index (χ1v) is 12.8. The van der Waals surface area contributed by atoms with Crippen molar-refractivity contribution in [1.82, 2.24) is 5.32 Å². The van der Waals surface area contributed by atoms with Crippen molar-refractivity contribution in [2.45, 2.75) is 135 Å². The Balaban J connectivity index is 3.02. The van der Waals surface area contributed by atoms with Crippen molar-refractivity contribution in [2.75, 3.05) is 13.1 Å². The highest BCUT2D eigenvalue weighted by Crippen LogP contribution is 2.15. The predicted molar refractivity (Wildman–Crippen MR) is 125 cm³/mol. The summed E-state index contributed by atoms with van der Waals surface area (Å²) in [6, 6.07) is 0. The molecule has 0 bridgehead atoms. The first kappa shape index (κ1) is 28.9. The minimum atomic E-state index is -0.773. The first-order chi connectivity index (χ1) is 14.6. The van der Waals surface area contributed by atoms with Gasteiger partial charge >= 0.3 is 11.9 Å². The topological polar surface area (TPSA) is 86.6 Å². The summed E-state index contributed by atoms with van der Waals surface area (Å²) in [5.41, 5.74) is 0. The van der Waals surface area contributed by atoms with Crippen LogP contribution in [-0.4, -0.2) is 35.2 Å². The van der Waals surface area contributed by atoms with Crippen LogP contribution in [0.15, 0.2) is 0 Å². The van der Waals surface area contributed by atoms with Crippen LogP contribution in [0.5, 0.6) is 0 Å². The summed E-state index contributed by atoms with van der Waals surface area (Å²) in [4.78, 5) is 20.8. The highest BCUT2D eigenvalue weighted by Gasteiger charge is 1.98. The van der Waals surface area contributed by atoms with Crippen LogP contribution in [0.4, 0.5) is 0 Å². The third-order valence-electron chi connectivity index (χ3n) is 5.77. The Bertz CT molecular complexity index is 351. The quantitative estimate of drug-likeness (QED) is 0.137. The molecule has 0 aliphatic heterocycles. The van der Waals surface area contributed by atoms with E-state index in [1.54, 1.807) is 0 Å². The monoisotopic (exact) mass is 427 g/mol. The van der Waals surface area contributed by atoms with Crippen molar-refractivity contribution in [3.05, 3.63) is 0 Å². The van der Waals surface area contributed by atoms with E-state index in [0.29, 0.717) is 6.42 Å². The number of hydrogen-bond acceptors (Lipinski definition) is 3. The SMILES string of the molecule is O=C(O)CCCCCCCCCCCCCCCCCCCCCCNCC(=O)O. The zero-order chi connectivity index (χ0) is 22.1. The molecule has 3 N–H and O–H groups in total. The molecule has 0 unspecified atom stereocenters. The zero-order valence-corrected chi connectivity index (χ0v) is 19.5. The molecule has 0 aromatic carbocycles. The van der Waals surface area contributed by atoms with Gasteiger partial charge in [-0.1, -0.05) is 116 Å². The van der Waals surface area contributed by atoms with Gasteiger partial charge in [-0.25, -0.2) is 0 Å². The molecule has 0 amide bonds. The lowest BCUT2D eigenvalue weighted by Crippen LogP contribution is -2.23. The second-order valence-corrected chi connectivity index (χ2v) is 8.79. The lowest BCUT2D eigenvalue weighted by molar-refractivity contribution is -0.137. The summed E-state index contributed by atoms with van der Waals surface area (Å²) in [6.45, 7) is 0.904. The van der Waals surface area contributed by atoms with E-state index in [1.165, 1.54) is 109 Å². The molecule has 0 fully saturated rings. The van der Waals surface area contributed by atoms with Crippen LogP contribution in [0.2, 0.25) is 0 Å². The summed E-state index contributed by atoms with van der Waals surface area (Å²) < 4.78 is 0. The van der Waals surface area contributed by atoms with Crippen molar-refractivity contribution in [2.24, 2.45) is 0 Å². The molecule has 0 rings (SSSR count). The van der Waals surface area contributed by atoms with Gasteiger partial charge in [-0.05, 0) is 19.4 Å². The predicted octanol–water partition coefficient (Wildman–Crippen LogP) is 6.94. The Morgan fingerprint density at radius 3 is 1.03 bits per heavy atom. The first-order valence-electron chi connectivity index (χ1n) is 12.8.